The number of aryl methyl sites for hydroxylation is 1. The first-order chi connectivity index (χ1) is 7.24. The molecule has 0 spiro atoms. The van der Waals surface area contributed by atoms with E-state index in [1.165, 1.54) is 0 Å². The lowest BCUT2D eigenvalue weighted by Gasteiger charge is -1.97. The molecule has 0 aromatic carbocycles. The molecule has 0 aliphatic rings. The average molecular weight is 318 g/mol. The fourth-order valence-corrected chi connectivity index (χ4v) is 1.72. The summed E-state index contributed by atoms with van der Waals surface area (Å²) >= 11 is 2.15. The van der Waals surface area contributed by atoms with Gasteiger partial charge in [0.2, 0.25) is 0 Å². The van der Waals surface area contributed by atoms with Crippen molar-refractivity contribution >= 4 is 22.6 Å². The van der Waals surface area contributed by atoms with Crippen molar-refractivity contribution in [2.45, 2.75) is 20.0 Å². The van der Waals surface area contributed by atoms with Gasteiger partial charge in [-0.25, -0.2) is 0 Å². The molecular weight excluding hydrogens is 307 g/mol. The van der Waals surface area contributed by atoms with Gasteiger partial charge in [-0.15, -0.1) is 0 Å². The zero-order valence-corrected chi connectivity index (χ0v) is 10.4. The minimum atomic E-state index is 0.689. The highest BCUT2D eigenvalue weighted by Crippen LogP contribution is 2.09. The molecule has 0 aliphatic heterocycles. The number of nitrogens with one attached hydrogen (secondary N) is 1. The van der Waals surface area contributed by atoms with Crippen LogP contribution in [0.2, 0.25) is 0 Å². The standard InChI is InChI=1S/C10H11IN2O2/c1-7-4-8(13-15-7)5-12-6-9-2-3-10(11)14-9/h2-4,12H,5-6H2,1H3. The number of nitrogens with zero attached hydrogens (tertiary/aromatic N) is 1. The number of halogens is 1. The first-order valence-corrected chi connectivity index (χ1v) is 5.69. The second kappa shape index (κ2) is 4.80. The van der Waals surface area contributed by atoms with Gasteiger partial charge in [-0.3, -0.25) is 0 Å². The Hall–Kier alpha value is -0.820. The molecule has 0 aliphatic carbocycles. The highest BCUT2D eigenvalue weighted by molar-refractivity contribution is 14.1. The van der Waals surface area contributed by atoms with Gasteiger partial charge in [0.1, 0.15) is 11.5 Å². The molecule has 0 bridgehead atoms. The zero-order valence-electron chi connectivity index (χ0n) is 8.29. The molecule has 0 amide bonds. The summed E-state index contributed by atoms with van der Waals surface area (Å²) in [6.07, 6.45) is 0. The molecule has 0 saturated heterocycles. The van der Waals surface area contributed by atoms with Crippen LogP contribution in [-0.4, -0.2) is 5.16 Å². The molecule has 0 saturated carbocycles. The van der Waals surface area contributed by atoms with Crippen LogP contribution in [0, 0.1) is 10.7 Å². The molecule has 0 unspecified atom stereocenters. The summed E-state index contributed by atoms with van der Waals surface area (Å²) in [6, 6.07) is 5.82. The highest BCUT2D eigenvalue weighted by atomic mass is 127. The van der Waals surface area contributed by atoms with Crippen LogP contribution in [0.4, 0.5) is 0 Å². The highest BCUT2D eigenvalue weighted by Gasteiger charge is 2.01. The minimum Gasteiger partial charge on any atom is -0.454 e. The van der Waals surface area contributed by atoms with Gasteiger partial charge in [0.25, 0.3) is 0 Å². The molecule has 2 rings (SSSR count). The van der Waals surface area contributed by atoms with Crippen molar-refractivity contribution in [3.63, 3.8) is 0 Å². The van der Waals surface area contributed by atoms with Crippen molar-refractivity contribution in [1.29, 1.82) is 0 Å². The summed E-state index contributed by atoms with van der Waals surface area (Å²) in [5.41, 5.74) is 0.911. The maximum absolute atomic E-state index is 5.41. The van der Waals surface area contributed by atoms with Gasteiger partial charge in [0.15, 0.2) is 3.77 Å². The van der Waals surface area contributed by atoms with Crippen LogP contribution in [0.3, 0.4) is 0 Å². The van der Waals surface area contributed by atoms with Crippen molar-refractivity contribution in [2.75, 3.05) is 0 Å². The molecule has 4 nitrogen and oxygen atoms in total. The van der Waals surface area contributed by atoms with E-state index in [4.69, 9.17) is 8.94 Å². The maximum atomic E-state index is 5.41. The second-order valence-electron chi connectivity index (χ2n) is 3.24. The van der Waals surface area contributed by atoms with E-state index in [0.717, 1.165) is 21.0 Å². The number of rotatable bonds is 4. The van der Waals surface area contributed by atoms with Gasteiger partial charge in [0.05, 0.1) is 12.2 Å². The summed E-state index contributed by atoms with van der Waals surface area (Å²) in [5.74, 6) is 1.76. The van der Waals surface area contributed by atoms with Crippen molar-refractivity contribution in [1.82, 2.24) is 10.5 Å². The van der Waals surface area contributed by atoms with Gasteiger partial charge in [-0.05, 0) is 41.6 Å². The molecule has 5 heteroatoms. The van der Waals surface area contributed by atoms with E-state index in [0.29, 0.717) is 13.1 Å². The smallest absolute Gasteiger partial charge is 0.164 e. The lowest BCUT2D eigenvalue weighted by Crippen LogP contribution is -2.12. The average Bonchev–Trinajstić information content (AvgIpc) is 2.76. The summed E-state index contributed by atoms with van der Waals surface area (Å²) < 4.78 is 11.3. The van der Waals surface area contributed by atoms with Crippen molar-refractivity contribution in [2.24, 2.45) is 0 Å². The Kier molecular flexibility index (Phi) is 3.42. The Bertz CT molecular complexity index is 396. The number of furan rings is 1. The van der Waals surface area contributed by atoms with E-state index < -0.39 is 0 Å². The van der Waals surface area contributed by atoms with Gasteiger partial charge in [0, 0.05) is 12.6 Å². The number of hydrogen-bond acceptors (Lipinski definition) is 4. The topological polar surface area (TPSA) is 51.2 Å². The molecule has 2 heterocycles. The van der Waals surface area contributed by atoms with E-state index in [-0.39, 0.29) is 0 Å². The molecule has 15 heavy (non-hydrogen) atoms. The normalized spacial score (nSPS) is 10.8. The van der Waals surface area contributed by atoms with Gasteiger partial charge in [-0.1, -0.05) is 5.16 Å². The molecular formula is C10H11IN2O2. The third-order valence-electron chi connectivity index (χ3n) is 1.91. The Morgan fingerprint density at radius 3 is 2.87 bits per heavy atom. The van der Waals surface area contributed by atoms with E-state index in [9.17, 15) is 0 Å². The number of aromatic nitrogens is 1. The zero-order chi connectivity index (χ0) is 10.7. The van der Waals surface area contributed by atoms with E-state index in [2.05, 4.69) is 33.1 Å². The summed E-state index contributed by atoms with van der Waals surface area (Å²) in [5, 5.41) is 7.11. The predicted molar refractivity (Wildman–Crippen MR) is 63.2 cm³/mol. The van der Waals surface area contributed by atoms with Crippen molar-refractivity contribution in [3.05, 3.63) is 39.2 Å². The predicted octanol–water partition coefficient (Wildman–Crippen LogP) is 2.47. The molecule has 1 N–H and O–H groups in total. The van der Waals surface area contributed by atoms with E-state index in [1.807, 2.05) is 25.1 Å². The minimum absolute atomic E-state index is 0.689. The van der Waals surface area contributed by atoms with Gasteiger partial charge in [-0.2, -0.15) is 0 Å². The van der Waals surface area contributed by atoms with Crippen LogP contribution in [0.1, 0.15) is 17.2 Å². The third kappa shape index (κ3) is 3.07. The first kappa shape index (κ1) is 10.7. The van der Waals surface area contributed by atoms with Crippen LogP contribution < -0.4 is 5.32 Å². The monoisotopic (exact) mass is 318 g/mol. The van der Waals surface area contributed by atoms with E-state index in [1.54, 1.807) is 0 Å². The molecule has 2 aromatic rings. The molecule has 0 radical (unpaired) electrons. The fourth-order valence-electron chi connectivity index (χ4n) is 1.26. The summed E-state index contributed by atoms with van der Waals surface area (Å²) in [4.78, 5) is 0. The van der Waals surface area contributed by atoms with Crippen LogP contribution >= 0.6 is 22.6 Å². The molecule has 0 fully saturated rings. The third-order valence-corrected chi connectivity index (χ3v) is 2.49. The fraction of sp³-hybridized carbons (Fsp3) is 0.300. The van der Waals surface area contributed by atoms with Crippen LogP contribution in [0.15, 0.2) is 27.1 Å². The van der Waals surface area contributed by atoms with Crippen molar-refractivity contribution < 1.29 is 8.94 Å². The van der Waals surface area contributed by atoms with E-state index >= 15 is 0 Å². The second-order valence-corrected chi connectivity index (χ2v) is 4.30. The largest absolute Gasteiger partial charge is 0.454 e. The summed E-state index contributed by atoms with van der Waals surface area (Å²) in [7, 11) is 0. The molecule has 2 aromatic heterocycles. The Labute approximate surface area is 101 Å². The molecule has 0 atom stereocenters. The van der Waals surface area contributed by atoms with Crippen molar-refractivity contribution in [3.8, 4) is 0 Å². The number of hydrogen-bond donors (Lipinski definition) is 1. The van der Waals surface area contributed by atoms with Crippen LogP contribution in [0.25, 0.3) is 0 Å². The Morgan fingerprint density at radius 2 is 2.27 bits per heavy atom. The molecule has 80 valence electrons. The quantitative estimate of drug-likeness (QED) is 0.880. The summed E-state index contributed by atoms with van der Waals surface area (Å²) in [6.45, 7) is 3.27. The first-order valence-electron chi connectivity index (χ1n) is 4.61. The lowest BCUT2D eigenvalue weighted by atomic mass is 10.3. The van der Waals surface area contributed by atoms with Gasteiger partial charge < -0.3 is 14.3 Å². The van der Waals surface area contributed by atoms with Gasteiger partial charge >= 0.3 is 0 Å². The van der Waals surface area contributed by atoms with Crippen LogP contribution in [-0.2, 0) is 13.1 Å². The SMILES string of the molecule is Cc1cc(CNCc2ccc(I)o2)no1. The van der Waals surface area contributed by atoms with Crippen LogP contribution in [0.5, 0.6) is 0 Å². The maximum Gasteiger partial charge on any atom is 0.164 e. The Balaban J connectivity index is 1.80. The Morgan fingerprint density at radius 1 is 1.40 bits per heavy atom. The lowest BCUT2D eigenvalue weighted by molar-refractivity contribution is 0.386.